The molecule has 4 unspecified atom stereocenters. The number of aliphatic hydroxyl groups is 1. The maximum Gasteiger partial charge on any atom is 0.573 e. The number of benzene rings is 2. The Kier molecular flexibility index (Phi) is 9.87. The van der Waals surface area contributed by atoms with Gasteiger partial charge in [0.1, 0.15) is 17.0 Å². The van der Waals surface area contributed by atoms with Crippen molar-refractivity contribution in [2.45, 2.75) is 70.9 Å². The van der Waals surface area contributed by atoms with Crippen LogP contribution in [0.1, 0.15) is 68.3 Å². The number of para-hydroxylation sites is 1. The number of nitrogens with zero attached hydrogens (tertiary/aromatic N) is 1. The fourth-order valence-electron chi connectivity index (χ4n) is 6.16. The van der Waals surface area contributed by atoms with E-state index in [9.17, 15) is 37.0 Å². The monoisotopic (exact) mass is 667 g/mol. The third-order valence-corrected chi connectivity index (χ3v) is 9.42. The summed E-state index contributed by atoms with van der Waals surface area (Å²) in [5.74, 6) is -5.07. The molecule has 5 rings (SSSR count). The van der Waals surface area contributed by atoms with Crippen LogP contribution in [0, 0.1) is 34.8 Å². The summed E-state index contributed by atoms with van der Waals surface area (Å²) in [6.07, 6.45) is -1.04. The van der Waals surface area contributed by atoms with Gasteiger partial charge in [0.2, 0.25) is 0 Å². The minimum absolute atomic E-state index is 0.00305. The Labute approximate surface area is 265 Å². The van der Waals surface area contributed by atoms with E-state index in [1.807, 2.05) is 13.8 Å². The first-order valence-electron chi connectivity index (χ1n) is 15.0. The number of allylic oxidation sites excluding steroid dienone is 1. The van der Waals surface area contributed by atoms with Gasteiger partial charge in [-0.05, 0) is 62.1 Å². The van der Waals surface area contributed by atoms with Crippen LogP contribution in [0.2, 0.25) is 0 Å². The number of alkyl halides is 3. The molecule has 2 aromatic carbocycles. The largest absolute Gasteiger partial charge is 0.573 e. The van der Waals surface area contributed by atoms with E-state index in [1.54, 1.807) is 0 Å². The lowest BCUT2D eigenvalue weighted by Crippen LogP contribution is -2.44. The van der Waals surface area contributed by atoms with Crippen LogP contribution in [-0.2, 0) is 4.74 Å². The predicted molar refractivity (Wildman–Crippen MR) is 163 cm³/mol. The molecule has 8 nitrogen and oxygen atoms in total. The van der Waals surface area contributed by atoms with Crippen molar-refractivity contribution in [3.8, 4) is 5.75 Å². The molecule has 2 saturated carbocycles. The number of aliphatic hydroxyl groups excluding tert-OH is 1. The molecule has 3 aromatic rings. The number of nitrogens with one attached hydrogen (secondary N) is 2. The molecule has 1 heterocycles. The maximum atomic E-state index is 14.6. The van der Waals surface area contributed by atoms with Gasteiger partial charge in [-0.25, -0.2) is 18.6 Å². The van der Waals surface area contributed by atoms with Crippen LogP contribution in [-0.4, -0.2) is 52.0 Å². The van der Waals surface area contributed by atoms with Gasteiger partial charge in [0.15, 0.2) is 16.8 Å². The number of carboxylic acid groups (broad SMARTS) is 1. The zero-order chi connectivity index (χ0) is 33.3. The van der Waals surface area contributed by atoms with E-state index in [2.05, 4.69) is 15.0 Å². The Bertz CT molecular complexity index is 1650. The van der Waals surface area contributed by atoms with E-state index in [0.29, 0.717) is 30.8 Å². The van der Waals surface area contributed by atoms with Crippen molar-refractivity contribution in [3.05, 3.63) is 64.4 Å². The first-order valence-corrected chi connectivity index (χ1v) is 15.8. The lowest BCUT2D eigenvalue weighted by molar-refractivity contribution is -0.274. The van der Waals surface area contributed by atoms with Gasteiger partial charge in [0.25, 0.3) is 0 Å². The number of hydrogen-bond donors (Lipinski definition) is 4. The Morgan fingerprint density at radius 3 is 2.50 bits per heavy atom. The second kappa shape index (κ2) is 13.5. The topological polar surface area (TPSA) is 125 Å². The standard InChI is InChI=1S/C32H34F5N3O5S/c1-3-6-17-12-18(11-15(2)27(17)39-31-40-28-23(46-31)13-20(30(42)43)24(33)25(28)34)44-14-21(29(41)16-9-10-16)26(38)19-7-4-5-8-22(19)45-32(35,36)37/h4-5,7-8,13,15-18,27,38,41H,3,6,9-12,14H2,1-2H3,(H,39,40)(H,42,43)/b29-21-,38-26?. The summed E-state index contributed by atoms with van der Waals surface area (Å²) in [6, 6.07) is 6.28. The predicted octanol–water partition coefficient (Wildman–Crippen LogP) is 8.47. The van der Waals surface area contributed by atoms with Gasteiger partial charge < -0.3 is 25.0 Å². The van der Waals surface area contributed by atoms with Crippen LogP contribution < -0.4 is 10.1 Å². The highest BCUT2D eigenvalue weighted by molar-refractivity contribution is 7.22. The van der Waals surface area contributed by atoms with E-state index in [4.69, 9.17) is 10.1 Å². The molecule has 2 aliphatic carbocycles. The van der Waals surface area contributed by atoms with Crippen molar-refractivity contribution < 1.29 is 46.4 Å². The molecule has 0 amide bonds. The highest BCUT2D eigenvalue weighted by Gasteiger charge is 2.38. The maximum absolute atomic E-state index is 14.6. The van der Waals surface area contributed by atoms with Gasteiger partial charge >= 0.3 is 12.3 Å². The number of hydrogen-bond acceptors (Lipinski definition) is 8. The summed E-state index contributed by atoms with van der Waals surface area (Å²) in [5.41, 5.74) is -1.31. The number of fused-ring (bicyclic) bond motifs is 1. The fourth-order valence-corrected chi connectivity index (χ4v) is 7.11. The highest BCUT2D eigenvalue weighted by Crippen LogP contribution is 2.41. The van der Waals surface area contributed by atoms with Gasteiger partial charge in [-0.15, -0.1) is 13.2 Å². The molecule has 4 N–H and O–H groups in total. The minimum atomic E-state index is -4.95. The molecule has 4 atom stereocenters. The summed E-state index contributed by atoms with van der Waals surface area (Å²) in [5, 5.41) is 32.7. The summed E-state index contributed by atoms with van der Waals surface area (Å²) < 4.78 is 78.7. The average molecular weight is 668 g/mol. The summed E-state index contributed by atoms with van der Waals surface area (Å²) in [6.45, 7) is 3.87. The lowest BCUT2D eigenvalue weighted by atomic mass is 9.74. The van der Waals surface area contributed by atoms with E-state index in [-0.39, 0.29) is 69.3 Å². The molecule has 248 valence electrons. The second-order valence-electron chi connectivity index (χ2n) is 11.9. The number of carbonyl (C=O) groups is 1. The zero-order valence-electron chi connectivity index (χ0n) is 25.1. The molecule has 0 saturated heterocycles. The van der Waals surface area contributed by atoms with Crippen LogP contribution in [0.3, 0.4) is 0 Å². The lowest BCUT2D eigenvalue weighted by Gasteiger charge is -2.41. The normalized spacial score (nSPS) is 22.4. The first-order chi connectivity index (χ1) is 21.8. The average Bonchev–Trinajstić information content (AvgIpc) is 3.76. The molecule has 1 aromatic heterocycles. The summed E-state index contributed by atoms with van der Waals surface area (Å²) in [7, 11) is 0. The number of rotatable bonds is 12. The van der Waals surface area contributed by atoms with E-state index in [0.717, 1.165) is 36.3 Å². The molecule has 0 bridgehead atoms. The molecule has 0 radical (unpaired) electrons. The number of anilines is 1. The van der Waals surface area contributed by atoms with Crippen molar-refractivity contribution in [1.29, 1.82) is 5.41 Å². The van der Waals surface area contributed by atoms with Gasteiger partial charge in [0, 0.05) is 23.1 Å². The summed E-state index contributed by atoms with van der Waals surface area (Å²) in [4.78, 5) is 15.6. The smallest absolute Gasteiger partial charge is 0.512 e. The molecular formula is C32H34F5N3O5S. The SMILES string of the molecule is CCCC1CC(OC/C(C(=N)c2ccccc2OC(F)(F)F)=C(/O)C2CC2)CC(C)C1Nc1nc2c(F)c(F)c(C(=O)O)cc2s1. The third kappa shape index (κ3) is 7.43. The van der Waals surface area contributed by atoms with Crippen molar-refractivity contribution in [2.24, 2.45) is 17.8 Å². The molecular weight excluding hydrogens is 633 g/mol. The Morgan fingerprint density at radius 1 is 1.13 bits per heavy atom. The minimum Gasteiger partial charge on any atom is -0.512 e. The third-order valence-electron chi connectivity index (χ3n) is 8.49. The number of carboxylic acids is 1. The molecule has 2 fully saturated rings. The van der Waals surface area contributed by atoms with Crippen molar-refractivity contribution in [3.63, 3.8) is 0 Å². The number of aromatic carboxylic acids is 1. The molecule has 2 aliphatic rings. The first kappa shape index (κ1) is 33.6. The van der Waals surface area contributed by atoms with Crippen LogP contribution in [0.5, 0.6) is 5.75 Å². The van der Waals surface area contributed by atoms with E-state index < -0.39 is 35.3 Å². The van der Waals surface area contributed by atoms with Crippen LogP contribution in [0.4, 0.5) is 27.1 Å². The van der Waals surface area contributed by atoms with Gasteiger partial charge in [-0.2, -0.15) is 0 Å². The number of ether oxygens (including phenoxy) is 2. The van der Waals surface area contributed by atoms with Gasteiger partial charge in [0.05, 0.1) is 28.7 Å². The molecule has 14 heteroatoms. The molecule has 0 spiro atoms. The molecule has 0 aliphatic heterocycles. The van der Waals surface area contributed by atoms with Gasteiger partial charge in [-0.3, -0.25) is 5.41 Å². The number of aromatic nitrogens is 1. The van der Waals surface area contributed by atoms with Crippen molar-refractivity contribution in [2.75, 3.05) is 11.9 Å². The van der Waals surface area contributed by atoms with E-state index >= 15 is 0 Å². The zero-order valence-corrected chi connectivity index (χ0v) is 25.9. The Hall–Kier alpha value is -3.78. The summed E-state index contributed by atoms with van der Waals surface area (Å²) >= 11 is 1.04. The fraction of sp³-hybridized carbons (Fsp3) is 0.469. The Balaban J connectivity index is 1.32. The Morgan fingerprint density at radius 2 is 1.85 bits per heavy atom. The number of halogens is 5. The van der Waals surface area contributed by atoms with Crippen LogP contribution in [0.15, 0.2) is 41.7 Å². The van der Waals surface area contributed by atoms with Crippen molar-refractivity contribution in [1.82, 2.24) is 4.98 Å². The quantitative estimate of drug-likeness (QED) is 0.0868. The van der Waals surface area contributed by atoms with Crippen molar-refractivity contribution >= 4 is 38.4 Å². The number of thiazole rings is 1. The van der Waals surface area contributed by atoms with E-state index in [1.165, 1.54) is 18.2 Å². The van der Waals surface area contributed by atoms with Gasteiger partial charge in [-0.1, -0.05) is 43.7 Å². The van der Waals surface area contributed by atoms with Crippen LogP contribution in [0.25, 0.3) is 10.2 Å². The second-order valence-corrected chi connectivity index (χ2v) is 12.9. The highest BCUT2D eigenvalue weighted by atomic mass is 32.1. The van der Waals surface area contributed by atoms with Crippen LogP contribution >= 0.6 is 11.3 Å². The molecule has 46 heavy (non-hydrogen) atoms.